The van der Waals surface area contributed by atoms with E-state index in [-0.39, 0.29) is 24.1 Å². The molecule has 1 aliphatic carbocycles. The predicted molar refractivity (Wildman–Crippen MR) is 83.3 cm³/mol. The Hall–Kier alpha value is -2.37. The average Bonchev–Trinajstić information content (AvgIpc) is 3.37. The normalized spacial score (nSPS) is 14.5. The van der Waals surface area contributed by atoms with Crippen LogP contribution < -0.4 is 0 Å². The smallest absolute Gasteiger partial charge is 0.331 e. The molecule has 126 valence electrons. The molecule has 1 aromatic carbocycles. The molecule has 1 amide bonds. The number of halogens is 3. The number of carbonyl (C=O) groups excluding carboxylic acids is 1. The number of amides is 1. The molecule has 0 aliphatic heterocycles. The Balaban J connectivity index is 1.88. The van der Waals surface area contributed by atoms with Gasteiger partial charge in [-0.1, -0.05) is 18.2 Å². The van der Waals surface area contributed by atoms with Gasteiger partial charge < -0.3 is 4.90 Å². The van der Waals surface area contributed by atoms with Crippen LogP contribution in [-0.4, -0.2) is 21.8 Å². The first-order chi connectivity index (χ1) is 11.4. The molecule has 0 spiro atoms. The molecule has 1 heterocycles. The number of hydrogen-bond donors (Lipinski definition) is 0. The van der Waals surface area contributed by atoms with E-state index in [1.54, 1.807) is 18.2 Å². The van der Waals surface area contributed by atoms with Gasteiger partial charge in [-0.05, 0) is 43.5 Å². The summed E-state index contributed by atoms with van der Waals surface area (Å²) in [6.45, 7) is 1.76. The number of pyridine rings is 1. The van der Waals surface area contributed by atoms with Crippen molar-refractivity contribution < 1.29 is 18.0 Å². The number of rotatable bonds is 4. The lowest BCUT2D eigenvalue weighted by Gasteiger charge is -2.24. The zero-order chi connectivity index (χ0) is 17.3. The van der Waals surface area contributed by atoms with E-state index < -0.39 is 11.7 Å². The van der Waals surface area contributed by atoms with E-state index in [2.05, 4.69) is 4.98 Å². The molecular weight excluding hydrogens is 317 g/mol. The molecule has 0 atom stereocenters. The summed E-state index contributed by atoms with van der Waals surface area (Å²) in [6.07, 6.45) is -1.32. The number of hydrogen-bond acceptors (Lipinski definition) is 2. The first-order valence-corrected chi connectivity index (χ1v) is 7.75. The Morgan fingerprint density at radius 2 is 1.92 bits per heavy atom. The van der Waals surface area contributed by atoms with Crippen molar-refractivity contribution >= 4 is 5.91 Å². The molecule has 3 nitrogen and oxygen atoms in total. The van der Waals surface area contributed by atoms with Crippen molar-refractivity contribution in [3.8, 4) is 0 Å². The SMILES string of the molecule is Cc1ccc(C(=O)N(Cc2ccccc2C(F)(F)F)C2CC2)cn1. The zero-order valence-corrected chi connectivity index (χ0v) is 13.2. The van der Waals surface area contributed by atoms with Crippen LogP contribution in [0.3, 0.4) is 0 Å². The molecule has 1 fully saturated rings. The number of aryl methyl sites for hydroxylation is 1. The molecule has 1 saturated carbocycles. The molecular formula is C18H17F3N2O. The van der Waals surface area contributed by atoms with Gasteiger partial charge in [0.1, 0.15) is 0 Å². The second kappa shape index (κ2) is 6.26. The standard InChI is InChI=1S/C18H17F3N2O/c1-12-6-7-13(10-22-12)17(24)23(15-8-9-15)11-14-4-2-3-5-16(14)18(19,20)21/h2-7,10,15H,8-9,11H2,1H3. The summed E-state index contributed by atoms with van der Waals surface area (Å²) in [5.41, 5.74) is 0.611. The van der Waals surface area contributed by atoms with Crippen molar-refractivity contribution in [2.45, 2.75) is 38.5 Å². The number of aromatic nitrogens is 1. The Morgan fingerprint density at radius 1 is 1.21 bits per heavy atom. The maximum absolute atomic E-state index is 13.2. The molecule has 0 saturated heterocycles. The van der Waals surface area contributed by atoms with Crippen LogP contribution in [0.4, 0.5) is 13.2 Å². The molecule has 0 bridgehead atoms. The topological polar surface area (TPSA) is 33.2 Å². The van der Waals surface area contributed by atoms with Crippen molar-refractivity contribution in [1.82, 2.24) is 9.88 Å². The van der Waals surface area contributed by atoms with Gasteiger partial charge in [0, 0.05) is 24.5 Å². The van der Waals surface area contributed by atoms with Gasteiger partial charge in [-0.15, -0.1) is 0 Å². The predicted octanol–water partition coefficient (Wildman–Crippen LogP) is 4.21. The Labute approximate surface area is 138 Å². The van der Waals surface area contributed by atoms with Gasteiger partial charge in [0.05, 0.1) is 11.1 Å². The van der Waals surface area contributed by atoms with Crippen LogP contribution in [0, 0.1) is 6.92 Å². The van der Waals surface area contributed by atoms with Crippen molar-refractivity contribution in [2.24, 2.45) is 0 Å². The van der Waals surface area contributed by atoms with E-state index in [0.717, 1.165) is 24.6 Å². The lowest BCUT2D eigenvalue weighted by Crippen LogP contribution is -2.33. The van der Waals surface area contributed by atoms with Gasteiger partial charge in [-0.25, -0.2) is 0 Å². The van der Waals surface area contributed by atoms with Crippen LogP contribution in [0.5, 0.6) is 0 Å². The summed E-state index contributed by atoms with van der Waals surface area (Å²) < 4.78 is 39.5. The Bertz CT molecular complexity index is 737. The number of nitrogens with zero attached hydrogens (tertiary/aromatic N) is 2. The average molecular weight is 334 g/mol. The fraction of sp³-hybridized carbons (Fsp3) is 0.333. The van der Waals surface area contributed by atoms with Crippen LogP contribution in [0.25, 0.3) is 0 Å². The Morgan fingerprint density at radius 3 is 2.50 bits per heavy atom. The number of carbonyl (C=O) groups is 1. The van der Waals surface area contributed by atoms with E-state index in [9.17, 15) is 18.0 Å². The third-order valence-corrected chi connectivity index (χ3v) is 4.07. The quantitative estimate of drug-likeness (QED) is 0.839. The first-order valence-electron chi connectivity index (χ1n) is 7.75. The fourth-order valence-corrected chi connectivity index (χ4v) is 2.63. The van der Waals surface area contributed by atoms with Crippen LogP contribution in [0.15, 0.2) is 42.6 Å². The number of benzene rings is 1. The first kappa shape index (κ1) is 16.5. The second-order valence-electron chi connectivity index (χ2n) is 6.01. The molecule has 0 unspecified atom stereocenters. The van der Waals surface area contributed by atoms with Gasteiger partial charge in [0.2, 0.25) is 0 Å². The molecule has 1 aliphatic rings. The fourth-order valence-electron chi connectivity index (χ4n) is 2.63. The molecule has 0 N–H and O–H groups in total. The lowest BCUT2D eigenvalue weighted by atomic mass is 10.1. The summed E-state index contributed by atoms with van der Waals surface area (Å²) in [5.74, 6) is -0.276. The molecule has 24 heavy (non-hydrogen) atoms. The molecule has 3 rings (SSSR count). The van der Waals surface area contributed by atoms with Gasteiger partial charge in [-0.2, -0.15) is 13.2 Å². The van der Waals surface area contributed by atoms with Crippen molar-refractivity contribution in [2.75, 3.05) is 0 Å². The lowest BCUT2D eigenvalue weighted by molar-refractivity contribution is -0.138. The molecule has 6 heteroatoms. The minimum atomic E-state index is -4.43. The van der Waals surface area contributed by atoms with Crippen LogP contribution in [0.1, 0.15) is 40.0 Å². The van der Waals surface area contributed by atoms with Crippen LogP contribution in [-0.2, 0) is 12.7 Å². The third-order valence-electron chi connectivity index (χ3n) is 4.07. The number of alkyl halides is 3. The molecule has 1 aromatic heterocycles. The minimum absolute atomic E-state index is 0.0000860. The third kappa shape index (κ3) is 3.58. The minimum Gasteiger partial charge on any atom is -0.331 e. The summed E-state index contributed by atoms with van der Waals surface area (Å²) in [5, 5.41) is 0. The highest BCUT2D eigenvalue weighted by Gasteiger charge is 2.37. The largest absolute Gasteiger partial charge is 0.416 e. The van der Waals surface area contributed by atoms with Crippen LogP contribution >= 0.6 is 0 Å². The highest BCUT2D eigenvalue weighted by molar-refractivity contribution is 5.94. The van der Waals surface area contributed by atoms with Gasteiger partial charge in [0.25, 0.3) is 5.91 Å². The summed E-state index contributed by atoms with van der Waals surface area (Å²) in [4.78, 5) is 18.3. The highest BCUT2D eigenvalue weighted by Crippen LogP contribution is 2.35. The van der Waals surface area contributed by atoms with Gasteiger partial charge in [-0.3, -0.25) is 9.78 Å². The van der Waals surface area contributed by atoms with E-state index >= 15 is 0 Å². The van der Waals surface area contributed by atoms with Gasteiger partial charge >= 0.3 is 6.18 Å². The van der Waals surface area contributed by atoms with Crippen molar-refractivity contribution in [3.63, 3.8) is 0 Å². The monoisotopic (exact) mass is 334 g/mol. The second-order valence-corrected chi connectivity index (χ2v) is 6.01. The maximum atomic E-state index is 13.2. The van der Waals surface area contributed by atoms with Crippen molar-refractivity contribution in [3.05, 3.63) is 65.0 Å². The van der Waals surface area contributed by atoms with E-state index in [4.69, 9.17) is 0 Å². The zero-order valence-electron chi connectivity index (χ0n) is 13.2. The van der Waals surface area contributed by atoms with E-state index in [0.29, 0.717) is 5.56 Å². The molecule has 2 aromatic rings. The summed E-state index contributed by atoms with van der Waals surface area (Å²) in [6, 6.07) is 8.79. The maximum Gasteiger partial charge on any atom is 0.416 e. The van der Waals surface area contributed by atoms with Crippen molar-refractivity contribution in [1.29, 1.82) is 0 Å². The Kier molecular flexibility index (Phi) is 4.30. The van der Waals surface area contributed by atoms with E-state index in [1.807, 2.05) is 6.92 Å². The molecule has 0 radical (unpaired) electrons. The summed E-state index contributed by atoms with van der Waals surface area (Å²) >= 11 is 0. The van der Waals surface area contributed by atoms with Crippen LogP contribution in [0.2, 0.25) is 0 Å². The van der Waals surface area contributed by atoms with Gasteiger partial charge in [0.15, 0.2) is 0 Å². The highest BCUT2D eigenvalue weighted by atomic mass is 19.4. The summed E-state index contributed by atoms with van der Waals surface area (Å²) in [7, 11) is 0. The van der Waals surface area contributed by atoms with E-state index in [1.165, 1.54) is 23.2 Å².